The summed E-state index contributed by atoms with van der Waals surface area (Å²) in [5, 5.41) is 12.6. The number of hydrogen-bond acceptors (Lipinski definition) is 6. The Hall–Kier alpha value is -4.17. The highest BCUT2D eigenvalue weighted by Gasteiger charge is 2.13. The number of aryl methyl sites for hydroxylation is 2. The summed E-state index contributed by atoms with van der Waals surface area (Å²) in [7, 11) is 0. The molecule has 2 aromatic carbocycles. The molecule has 0 saturated heterocycles. The molecule has 0 aliphatic carbocycles. The number of halogens is 1. The van der Waals surface area contributed by atoms with Crippen molar-refractivity contribution in [2.45, 2.75) is 12.8 Å². The number of fused-ring (bicyclic) bond motifs is 6. The van der Waals surface area contributed by atoms with Gasteiger partial charge in [0, 0.05) is 23.3 Å². The lowest BCUT2D eigenvalue weighted by molar-refractivity contribution is 0.262. The van der Waals surface area contributed by atoms with Crippen molar-refractivity contribution in [3.63, 3.8) is 0 Å². The summed E-state index contributed by atoms with van der Waals surface area (Å²) in [6, 6.07) is 18.8. The van der Waals surface area contributed by atoms with Crippen molar-refractivity contribution in [2.24, 2.45) is 0 Å². The lowest BCUT2D eigenvalue weighted by Gasteiger charge is -2.15. The van der Waals surface area contributed by atoms with Gasteiger partial charge in [-0.25, -0.2) is 14.8 Å². The fraction of sp³-hybridized carbons (Fsp3) is 0.0833. The zero-order chi connectivity index (χ0) is 22.6. The second kappa shape index (κ2) is 9.13. The van der Waals surface area contributed by atoms with Crippen molar-refractivity contribution in [3.05, 3.63) is 89.2 Å². The third-order valence-electron chi connectivity index (χ3n) is 5.13. The van der Waals surface area contributed by atoms with Gasteiger partial charge in [0.1, 0.15) is 10.8 Å². The van der Waals surface area contributed by atoms with E-state index in [9.17, 15) is 4.79 Å². The number of urea groups is 1. The van der Waals surface area contributed by atoms with E-state index >= 15 is 0 Å². The molecule has 0 atom stereocenters. The lowest BCUT2D eigenvalue weighted by atomic mass is 10.0. The molecule has 4 N–H and O–H groups in total. The molecule has 4 aromatic rings. The van der Waals surface area contributed by atoms with Crippen LogP contribution in [0.4, 0.5) is 39.4 Å². The van der Waals surface area contributed by atoms with Gasteiger partial charge in [-0.1, -0.05) is 29.8 Å². The third kappa shape index (κ3) is 5.02. The van der Waals surface area contributed by atoms with E-state index in [4.69, 9.17) is 11.6 Å². The Labute approximate surface area is 195 Å². The molecular formula is C24H20ClN7O. The monoisotopic (exact) mass is 457 g/mol. The van der Waals surface area contributed by atoms with Gasteiger partial charge in [0.05, 0.1) is 6.20 Å². The summed E-state index contributed by atoms with van der Waals surface area (Å²) >= 11 is 6.32. The maximum atomic E-state index is 12.6. The van der Waals surface area contributed by atoms with E-state index in [1.54, 1.807) is 24.5 Å². The molecule has 33 heavy (non-hydrogen) atoms. The smallest absolute Gasteiger partial charge is 0.324 e. The van der Waals surface area contributed by atoms with E-state index in [-0.39, 0.29) is 6.03 Å². The summed E-state index contributed by atoms with van der Waals surface area (Å²) in [5.41, 5.74) is 4.53. The topological polar surface area (TPSA) is 104 Å². The van der Waals surface area contributed by atoms with Crippen LogP contribution in [0.5, 0.6) is 0 Å². The van der Waals surface area contributed by atoms with Crippen LogP contribution in [0.15, 0.2) is 73.1 Å². The molecular weight excluding hydrogens is 438 g/mol. The highest BCUT2D eigenvalue weighted by atomic mass is 35.5. The predicted molar refractivity (Wildman–Crippen MR) is 131 cm³/mol. The van der Waals surface area contributed by atoms with Gasteiger partial charge in [0.25, 0.3) is 0 Å². The third-order valence-corrected chi connectivity index (χ3v) is 5.41. The lowest BCUT2D eigenvalue weighted by Crippen LogP contribution is -2.21. The van der Waals surface area contributed by atoms with Crippen LogP contribution in [0.3, 0.4) is 0 Å². The zero-order valence-electron chi connectivity index (χ0n) is 17.5. The van der Waals surface area contributed by atoms with Crippen molar-refractivity contribution >= 4 is 52.3 Å². The SMILES string of the molecule is O=C(Nc1ccccn1)Nc1ccc2cc1CCc1cccc(c1)Nc1ncc(Cl)c(n1)N2. The number of aromatic nitrogens is 3. The molecule has 0 spiro atoms. The first-order chi connectivity index (χ1) is 16.1. The molecule has 0 radical (unpaired) electrons. The molecule has 0 fully saturated rings. The highest BCUT2D eigenvalue weighted by molar-refractivity contribution is 6.32. The van der Waals surface area contributed by atoms with Crippen LogP contribution in [0.1, 0.15) is 11.1 Å². The summed E-state index contributed by atoms with van der Waals surface area (Å²) in [4.78, 5) is 25.5. The average molecular weight is 458 g/mol. The molecule has 2 aromatic heterocycles. The van der Waals surface area contributed by atoms with Gasteiger partial charge < -0.3 is 16.0 Å². The Balaban J connectivity index is 1.47. The molecule has 0 unspecified atom stereocenters. The van der Waals surface area contributed by atoms with Crippen LogP contribution >= 0.6 is 11.6 Å². The van der Waals surface area contributed by atoms with Gasteiger partial charge in [-0.15, -0.1) is 0 Å². The number of carbonyl (C=O) groups excluding carboxylic acids is 1. The minimum atomic E-state index is -0.358. The first-order valence-electron chi connectivity index (χ1n) is 10.4. The van der Waals surface area contributed by atoms with E-state index in [0.717, 1.165) is 35.3 Å². The zero-order valence-corrected chi connectivity index (χ0v) is 18.2. The normalized spacial score (nSPS) is 12.2. The van der Waals surface area contributed by atoms with Crippen molar-refractivity contribution in [3.8, 4) is 0 Å². The number of nitrogens with zero attached hydrogens (tertiary/aromatic N) is 3. The van der Waals surface area contributed by atoms with E-state index in [1.165, 1.54) is 0 Å². The molecule has 1 aliphatic rings. The van der Waals surface area contributed by atoms with Crippen molar-refractivity contribution in [2.75, 3.05) is 21.3 Å². The van der Waals surface area contributed by atoms with Crippen LogP contribution in [-0.2, 0) is 12.8 Å². The first kappa shape index (κ1) is 20.7. The van der Waals surface area contributed by atoms with Gasteiger partial charge >= 0.3 is 6.03 Å². The second-order valence-corrected chi connectivity index (χ2v) is 7.91. The number of nitrogens with one attached hydrogen (secondary N) is 4. The summed E-state index contributed by atoms with van der Waals surface area (Å²) in [5.74, 6) is 1.42. The minimum Gasteiger partial charge on any atom is -0.339 e. The standard InChI is InChI=1S/C24H20ClN7O/c25-19-14-27-23-29-17-5-3-4-15(12-17)7-8-16-13-18(28-22(19)32-23)9-10-20(16)30-24(33)31-21-6-1-2-11-26-21/h1-6,9-14H,7-8H2,(H2,26,30,31,33)(H2,27,28,29,32). The summed E-state index contributed by atoms with van der Waals surface area (Å²) in [6.45, 7) is 0. The number of anilines is 6. The van der Waals surface area contributed by atoms with Crippen LogP contribution in [0.2, 0.25) is 5.02 Å². The highest BCUT2D eigenvalue weighted by Crippen LogP contribution is 2.29. The fourth-order valence-electron chi connectivity index (χ4n) is 3.57. The Morgan fingerprint density at radius 3 is 2.70 bits per heavy atom. The first-order valence-corrected chi connectivity index (χ1v) is 10.8. The Bertz CT molecular complexity index is 1310. The number of pyridine rings is 1. The summed E-state index contributed by atoms with van der Waals surface area (Å²) < 4.78 is 0. The quantitative estimate of drug-likeness (QED) is 0.305. The van der Waals surface area contributed by atoms with Gasteiger partial charge in [-0.2, -0.15) is 4.98 Å². The second-order valence-electron chi connectivity index (χ2n) is 7.51. The Morgan fingerprint density at radius 1 is 0.909 bits per heavy atom. The largest absolute Gasteiger partial charge is 0.339 e. The van der Waals surface area contributed by atoms with E-state index in [1.807, 2.05) is 36.4 Å². The molecule has 2 amide bonds. The molecule has 164 valence electrons. The predicted octanol–water partition coefficient (Wildman–Crippen LogP) is 5.75. The molecule has 8 nitrogen and oxygen atoms in total. The molecule has 0 saturated carbocycles. The van der Waals surface area contributed by atoms with E-state index in [0.29, 0.717) is 28.3 Å². The summed E-state index contributed by atoms with van der Waals surface area (Å²) in [6.07, 6.45) is 4.69. The fourth-order valence-corrected chi connectivity index (χ4v) is 3.71. The van der Waals surface area contributed by atoms with Crippen molar-refractivity contribution in [1.82, 2.24) is 15.0 Å². The van der Waals surface area contributed by atoms with Crippen molar-refractivity contribution in [1.29, 1.82) is 0 Å². The molecule has 9 heteroatoms. The molecule has 5 rings (SSSR count). The molecule has 1 aliphatic heterocycles. The van der Waals surface area contributed by atoms with E-state index < -0.39 is 0 Å². The number of rotatable bonds is 2. The maximum absolute atomic E-state index is 12.6. The molecule has 6 bridgehead atoms. The molecule has 3 heterocycles. The van der Waals surface area contributed by atoms with Gasteiger partial charge in [-0.3, -0.25) is 5.32 Å². The van der Waals surface area contributed by atoms with Crippen LogP contribution < -0.4 is 21.3 Å². The average Bonchev–Trinajstić information content (AvgIpc) is 2.82. The van der Waals surface area contributed by atoms with Crippen LogP contribution in [0, 0.1) is 0 Å². The number of carbonyl (C=O) groups is 1. The number of amides is 2. The van der Waals surface area contributed by atoms with Gasteiger partial charge in [-0.05, 0) is 66.4 Å². The minimum absolute atomic E-state index is 0.358. The van der Waals surface area contributed by atoms with Crippen LogP contribution in [-0.4, -0.2) is 21.0 Å². The van der Waals surface area contributed by atoms with E-state index in [2.05, 4.69) is 48.4 Å². The van der Waals surface area contributed by atoms with Gasteiger partial charge in [0.2, 0.25) is 5.95 Å². The Morgan fingerprint density at radius 2 is 1.82 bits per heavy atom. The Kier molecular flexibility index (Phi) is 5.73. The number of benzene rings is 2. The van der Waals surface area contributed by atoms with Crippen molar-refractivity contribution < 1.29 is 4.79 Å². The number of hydrogen-bond donors (Lipinski definition) is 4. The van der Waals surface area contributed by atoms with Gasteiger partial charge in [0.15, 0.2) is 5.82 Å². The van der Waals surface area contributed by atoms with Crippen LogP contribution in [0.25, 0.3) is 0 Å². The maximum Gasteiger partial charge on any atom is 0.324 e.